The van der Waals surface area contributed by atoms with Crippen LogP contribution in [-0.2, 0) is 9.71 Å². The van der Waals surface area contributed by atoms with E-state index in [0.29, 0.717) is 22.6 Å². The van der Waals surface area contributed by atoms with Gasteiger partial charge < -0.3 is 14.4 Å². The molecule has 5 aromatic rings. The van der Waals surface area contributed by atoms with Crippen LogP contribution in [0.4, 0.5) is 24.5 Å². The third-order valence-corrected chi connectivity index (χ3v) is 8.66. The highest BCUT2D eigenvalue weighted by Gasteiger charge is 2.22. The standard InChI is InChI=1S/C29H25F3N6OS/c1-5-40(39,26-12-20(30)13-33-18(26)3)37-23-11-10-21(31)27(28(23)32)24-15-38-16-35-29(25(38)14-34-24)19(4)36-22-9-7-6-8-17(22)2/h5-16,36H,4H2,1-3H3,(H,37,39). The van der Waals surface area contributed by atoms with Crippen molar-refractivity contribution in [1.29, 1.82) is 0 Å². The Labute approximate surface area is 229 Å². The summed E-state index contributed by atoms with van der Waals surface area (Å²) in [5.41, 5.74) is 3.15. The molecule has 0 amide bonds. The predicted molar refractivity (Wildman–Crippen MR) is 153 cm³/mol. The zero-order valence-corrected chi connectivity index (χ0v) is 22.7. The van der Waals surface area contributed by atoms with Crippen molar-refractivity contribution in [3.8, 4) is 11.3 Å². The summed E-state index contributed by atoms with van der Waals surface area (Å²) in [7, 11) is -3.31. The lowest BCUT2D eigenvalue weighted by Crippen LogP contribution is -2.18. The number of halogens is 3. The fourth-order valence-electron chi connectivity index (χ4n) is 4.26. The first-order valence-electron chi connectivity index (χ1n) is 12.2. The van der Waals surface area contributed by atoms with Crippen LogP contribution in [0.15, 0.2) is 78.9 Å². The molecule has 0 aliphatic heterocycles. The van der Waals surface area contributed by atoms with Gasteiger partial charge in [0.2, 0.25) is 0 Å². The lowest BCUT2D eigenvalue weighted by Gasteiger charge is -2.18. The largest absolute Gasteiger partial charge is 0.354 e. The highest BCUT2D eigenvalue weighted by atomic mass is 32.2. The molecule has 0 spiro atoms. The van der Waals surface area contributed by atoms with Gasteiger partial charge in [0.05, 0.1) is 60.8 Å². The normalized spacial score (nSPS) is 12.7. The summed E-state index contributed by atoms with van der Waals surface area (Å²) in [5, 5.41) is 4.54. The highest BCUT2D eigenvalue weighted by molar-refractivity contribution is 8.02. The summed E-state index contributed by atoms with van der Waals surface area (Å²) < 4.78 is 62.6. The zero-order valence-electron chi connectivity index (χ0n) is 21.9. The Morgan fingerprint density at radius 3 is 2.55 bits per heavy atom. The number of pyridine rings is 1. The van der Waals surface area contributed by atoms with E-state index in [1.54, 1.807) is 11.3 Å². The van der Waals surface area contributed by atoms with Crippen LogP contribution in [0.3, 0.4) is 0 Å². The molecule has 7 nitrogen and oxygen atoms in total. The van der Waals surface area contributed by atoms with Gasteiger partial charge in [-0.3, -0.25) is 9.97 Å². The second-order valence-corrected chi connectivity index (χ2v) is 11.4. The summed E-state index contributed by atoms with van der Waals surface area (Å²) in [6.07, 6.45) is 5.40. The van der Waals surface area contributed by atoms with E-state index < -0.39 is 32.7 Å². The average molecular weight is 563 g/mol. The molecule has 0 radical (unpaired) electrons. The molecule has 2 N–H and O–H groups in total. The number of nitrogens with one attached hydrogen (secondary N) is 2. The molecule has 11 heteroatoms. The monoisotopic (exact) mass is 562 g/mol. The molecule has 204 valence electrons. The smallest absolute Gasteiger partial charge is 0.159 e. The molecular weight excluding hydrogens is 537 g/mol. The van der Waals surface area contributed by atoms with E-state index in [4.69, 9.17) is 0 Å². The van der Waals surface area contributed by atoms with Crippen LogP contribution in [0.25, 0.3) is 22.5 Å². The Morgan fingerprint density at radius 2 is 1.80 bits per heavy atom. The van der Waals surface area contributed by atoms with E-state index in [1.807, 2.05) is 31.2 Å². The van der Waals surface area contributed by atoms with Crippen molar-refractivity contribution in [2.75, 3.05) is 10.0 Å². The molecule has 2 aromatic carbocycles. The molecule has 40 heavy (non-hydrogen) atoms. The number of hydrogen-bond acceptors (Lipinski definition) is 5. The summed E-state index contributed by atoms with van der Waals surface area (Å²) in [6.45, 7) is 9.11. The van der Waals surface area contributed by atoms with Gasteiger partial charge in [0.25, 0.3) is 0 Å². The molecule has 1 unspecified atom stereocenters. The second-order valence-electron chi connectivity index (χ2n) is 9.04. The van der Waals surface area contributed by atoms with Gasteiger partial charge in [-0.2, -0.15) is 0 Å². The zero-order chi connectivity index (χ0) is 28.6. The van der Waals surface area contributed by atoms with Crippen LogP contribution in [0.1, 0.15) is 23.9 Å². The van der Waals surface area contributed by atoms with Crippen LogP contribution >= 0.6 is 0 Å². The Morgan fingerprint density at radius 1 is 1.02 bits per heavy atom. The number of fused-ring (bicyclic) bond motifs is 1. The number of anilines is 2. The minimum Gasteiger partial charge on any atom is -0.354 e. The van der Waals surface area contributed by atoms with Crippen molar-refractivity contribution in [2.24, 2.45) is 0 Å². The maximum atomic E-state index is 15.8. The maximum Gasteiger partial charge on any atom is 0.159 e. The third kappa shape index (κ3) is 4.91. The summed E-state index contributed by atoms with van der Waals surface area (Å²) in [4.78, 5) is 12.7. The number of para-hydroxylation sites is 1. The molecule has 0 saturated carbocycles. The number of hydrogen-bond donors (Lipinski definition) is 2. The van der Waals surface area contributed by atoms with E-state index in [2.05, 4.69) is 31.6 Å². The van der Waals surface area contributed by atoms with E-state index >= 15 is 4.39 Å². The first kappa shape index (κ1) is 26.9. The van der Waals surface area contributed by atoms with Crippen LogP contribution in [-0.4, -0.2) is 28.9 Å². The predicted octanol–water partition coefficient (Wildman–Crippen LogP) is 6.40. The van der Waals surface area contributed by atoms with Crippen LogP contribution < -0.4 is 10.0 Å². The molecule has 3 aromatic heterocycles. The highest BCUT2D eigenvalue weighted by Crippen LogP contribution is 2.32. The van der Waals surface area contributed by atoms with Gasteiger partial charge >= 0.3 is 0 Å². The number of benzene rings is 2. The molecule has 5 rings (SSSR count). The molecule has 0 fully saturated rings. The molecular formula is C29H25F3N6OS. The number of nitrogens with zero attached hydrogens (tertiary/aromatic N) is 4. The minimum atomic E-state index is -3.31. The van der Waals surface area contributed by atoms with E-state index in [-0.39, 0.29) is 16.3 Å². The fraction of sp³-hybridized carbons (Fsp3) is 0.103. The SMILES string of the molecule is C=C(Nc1ccccc1C)c1ncn2cc(-c3c(F)ccc(NS(=O)(=CC)c4cc(F)cnc4C)c3F)ncc12. The first-order valence-corrected chi connectivity index (χ1v) is 13.8. The van der Waals surface area contributed by atoms with E-state index in [0.717, 1.165) is 35.6 Å². The Hall–Kier alpha value is -4.64. The van der Waals surface area contributed by atoms with Crippen molar-refractivity contribution < 1.29 is 17.4 Å². The molecule has 1 atom stereocenters. The van der Waals surface area contributed by atoms with Gasteiger partial charge in [0, 0.05) is 11.9 Å². The van der Waals surface area contributed by atoms with Crippen LogP contribution in [0.5, 0.6) is 0 Å². The van der Waals surface area contributed by atoms with Crippen molar-refractivity contribution in [3.63, 3.8) is 0 Å². The number of aromatic nitrogens is 4. The quantitative estimate of drug-likeness (QED) is 0.224. The van der Waals surface area contributed by atoms with Crippen molar-refractivity contribution in [3.05, 3.63) is 108 Å². The number of imidazole rings is 1. The lowest BCUT2D eigenvalue weighted by molar-refractivity contribution is 0.591. The minimum absolute atomic E-state index is 0.0110. The van der Waals surface area contributed by atoms with Crippen LogP contribution in [0.2, 0.25) is 0 Å². The summed E-state index contributed by atoms with van der Waals surface area (Å²) in [5.74, 6) is -2.56. The maximum absolute atomic E-state index is 15.8. The van der Waals surface area contributed by atoms with E-state index in [1.165, 1.54) is 31.0 Å². The molecule has 0 aliphatic rings. The summed E-state index contributed by atoms with van der Waals surface area (Å²) >= 11 is 0. The lowest BCUT2D eigenvalue weighted by atomic mass is 10.1. The summed E-state index contributed by atoms with van der Waals surface area (Å²) in [6, 6.07) is 11.0. The molecule has 0 saturated heterocycles. The molecule has 0 aliphatic carbocycles. The Balaban J connectivity index is 1.51. The van der Waals surface area contributed by atoms with Crippen molar-refractivity contribution in [2.45, 2.75) is 25.7 Å². The second kappa shape index (κ2) is 10.5. The average Bonchev–Trinajstić information content (AvgIpc) is 3.36. The molecule has 0 bridgehead atoms. The van der Waals surface area contributed by atoms with Crippen LogP contribution in [0, 0.1) is 31.3 Å². The number of rotatable bonds is 7. The van der Waals surface area contributed by atoms with Gasteiger partial charge in [-0.05, 0) is 56.0 Å². The van der Waals surface area contributed by atoms with Gasteiger partial charge in [0.15, 0.2) is 5.82 Å². The topological polar surface area (TPSA) is 84.2 Å². The Bertz CT molecular complexity index is 1910. The fourth-order valence-corrected chi connectivity index (χ4v) is 6.01. The molecule has 3 heterocycles. The van der Waals surface area contributed by atoms with Gasteiger partial charge in [-0.15, -0.1) is 0 Å². The first-order chi connectivity index (χ1) is 19.1. The van der Waals surface area contributed by atoms with Crippen molar-refractivity contribution >= 4 is 37.7 Å². The van der Waals surface area contributed by atoms with E-state index in [9.17, 15) is 13.0 Å². The van der Waals surface area contributed by atoms with Gasteiger partial charge in [0.1, 0.15) is 23.7 Å². The Kier molecular flexibility index (Phi) is 7.07. The van der Waals surface area contributed by atoms with Gasteiger partial charge in [-0.25, -0.2) is 22.4 Å². The third-order valence-electron chi connectivity index (χ3n) is 6.41. The number of aryl methyl sites for hydroxylation is 2. The van der Waals surface area contributed by atoms with Gasteiger partial charge in [-0.1, -0.05) is 24.8 Å². The van der Waals surface area contributed by atoms with Crippen molar-refractivity contribution in [1.82, 2.24) is 19.4 Å².